The van der Waals surface area contributed by atoms with Gasteiger partial charge >= 0.3 is 0 Å². The van der Waals surface area contributed by atoms with Crippen molar-refractivity contribution in [1.29, 1.82) is 0 Å². The predicted molar refractivity (Wildman–Crippen MR) is 36.9 cm³/mol. The molecule has 0 aliphatic rings. The Labute approximate surface area is 53.8 Å². The molecule has 0 aliphatic carbocycles. The first kappa shape index (κ1) is 8.27. The van der Waals surface area contributed by atoms with E-state index in [9.17, 15) is 4.55 Å². The van der Waals surface area contributed by atoms with Gasteiger partial charge in [0.25, 0.3) is 0 Å². The fraction of sp³-hybridized carbons (Fsp3) is 0.800. The summed E-state index contributed by atoms with van der Waals surface area (Å²) in [5.74, 6) is 0.780. The molecule has 0 fully saturated rings. The summed E-state index contributed by atoms with van der Waals surface area (Å²) < 4.78 is 10.4. The van der Waals surface area contributed by atoms with Crippen LogP contribution in [0.15, 0.2) is 0 Å². The van der Waals surface area contributed by atoms with Gasteiger partial charge in [-0.05, 0) is 6.54 Å². The molecule has 0 spiro atoms. The van der Waals surface area contributed by atoms with Crippen molar-refractivity contribution in [2.45, 2.75) is 6.42 Å². The van der Waals surface area contributed by atoms with Crippen LogP contribution in [0.5, 0.6) is 0 Å². The van der Waals surface area contributed by atoms with E-state index in [0.29, 0.717) is 0 Å². The zero-order valence-corrected chi connectivity index (χ0v) is 5.96. The molecule has 2 nitrogen and oxygen atoms in total. The van der Waals surface area contributed by atoms with Gasteiger partial charge in [0.15, 0.2) is 0 Å². The summed E-state index contributed by atoms with van der Waals surface area (Å²) in [6, 6.07) is 0. The molecule has 1 atom stereocenters. The largest absolute Gasteiger partial charge is 0.617 e. The van der Waals surface area contributed by atoms with Gasteiger partial charge in [-0.3, -0.25) is 0 Å². The number of nitrogens with one attached hydrogen (secondary N) is 1. The summed E-state index contributed by atoms with van der Waals surface area (Å²) in [6.45, 7) is 0.861. The molecule has 1 N–H and O–H groups in total. The van der Waals surface area contributed by atoms with Crippen molar-refractivity contribution in [3.05, 3.63) is 7.05 Å². The molecule has 0 aromatic carbocycles. The third-order valence-electron chi connectivity index (χ3n) is 0.785. The third-order valence-corrected chi connectivity index (χ3v) is 1.65. The molecule has 0 bridgehead atoms. The summed E-state index contributed by atoms with van der Waals surface area (Å²) >= 11 is -0.635. The standard InChI is InChI=1S/C5H12NOS/c1-6-4-3-5-8(2)7/h6H,1,3-5H2,2H3. The van der Waals surface area contributed by atoms with Gasteiger partial charge in [0.2, 0.25) is 0 Å². The highest BCUT2D eigenvalue weighted by Crippen LogP contribution is 1.85. The van der Waals surface area contributed by atoms with Crippen LogP contribution in [0.3, 0.4) is 0 Å². The van der Waals surface area contributed by atoms with Crippen LogP contribution >= 0.6 is 0 Å². The Kier molecular flexibility index (Phi) is 5.59. The lowest BCUT2D eigenvalue weighted by molar-refractivity contribution is 0.597. The van der Waals surface area contributed by atoms with E-state index >= 15 is 0 Å². The molecular weight excluding hydrogens is 122 g/mol. The van der Waals surface area contributed by atoms with Crippen molar-refractivity contribution < 1.29 is 4.55 Å². The van der Waals surface area contributed by atoms with E-state index in [1.807, 2.05) is 0 Å². The lowest BCUT2D eigenvalue weighted by Gasteiger charge is -2.02. The first-order valence-electron chi connectivity index (χ1n) is 2.57. The van der Waals surface area contributed by atoms with Crippen LogP contribution in [-0.4, -0.2) is 23.1 Å². The van der Waals surface area contributed by atoms with Crippen molar-refractivity contribution in [2.75, 3.05) is 18.6 Å². The third kappa shape index (κ3) is 6.27. The fourth-order valence-corrected chi connectivity index (χ4v) is 0.951. The molecule has 1 radical (unpaired) electrons. The van der Waals surface area contributed by atoms with Gasteiger partial charge in [0.05, 0.1) is 6.26 Å². The van der Waals surface area contributed by atoms with Crippen LogP contribution in [0.4, 0.5) is 0 Å². The molecule has 0 aliphatic heterocycles. The van der Waals surface area contributed by atoms with Crippen molar-refractivity contribution in [1.82, 2.24) is 5.32 Å². The van der Waals surface area contributed by atoms with Gasteiger partial charge in [-0.1, -0.05) is 11.2 Å². The first-order valence-corrected chi connectivity index (χ1v) is 4.30. The lowest BCUT2D eigenvalue weighted by atomic mass is 10.5. The summed E-state index contributed by atoms with van der Waals surface area (Å²) in [5, 5.41) is 2.74. The summed E-state index contributed by atoms with van der Waals surface area (Å²) in [5.41, 5.74) is 0. The SMILES string of the molecule is [CH2]NCCC[S+](C)[O-]. The fourth-order valence-electron chi connectivity index (χ4n) is 0.400. The molecule has 0 heterocycles. The molecule has 49 valence electrons. The molecular formula is C5H12NOS. The number of hydrogen-bond donors (Lipinski definition) is 1. The second-order valence-electron chi connectivity index (χ2n) is 1.63. The average molecular weight is 134 g/mol. The maximum atomic E-state index is 10.4. The normalized spacial score (nSPS) is 13.9. The summed E-state index contributed by atoms with van der Waals surface area (Å²) in [7, 11) is 3.43. The van der Waals surface area contributed by atoms with Gasteiger partial charge in [-0.25, -0.2) is 0 Å². The van der Waals surface area contributed by atoms with E-state index in [-0.39, 0.29) is 0 Å². The van der Waals surface area contributed by atoms with Crippen molar-refractivity contribution in [3.8, 4) is 0 Å². The van der Waals surface area contributed by atoms with Crippen LogP contribution in [0.2, 0.25) is 0 Å². The zero-order chi connectivity index (χ0) is 6.41. The van der Waals surface area contributed by atoms with E-state index in [0.717, 1.165) is 18.7 Å². The number of rotatable bonds is 4. The highest BCUT2D eigenvalue weighted by atomic mass is 32.2. The minimum atomic E-state index is -0.635. The predicted octanol–water partition coefficient (Wildman–Crippen LogP) is 0.136. The first-order chi connectivity index (χ1) is 3.77. The molecule has 0 rings (SSSR count). The Morgan fingerprint density at radius 1 is 1.75 bits per heavy atom. The average Bonchev–Trinajstić information content (AvgIpc) is 1.66. The second-order valence-corrected chi connectivity index (χ2v) is 3.19. The quantitative estimate of drug-likeness (QED) is 0.438. The maximum Gasteiger partial charge on any atom is 0.106 e. The summed E-state index contributed by atoms with van der Waals surface area (Å²) in [6.07, 6.45) is 2.66. The van der Waals surface area contributed by atoms with Gasteiger partial charge in [0.1, 0.15) is 5.75 Å². The number of hydrogen-bond acceptors (Lipinski definition) is 2. The van der Waals surface area contributed by atoms with Crippen LogP contribution in [-0.2, 0) is 11.2 Å². The minimum absolute atomic E-state index is 0.635. The zero-order valence-electron chi connectivity index (χ0n) is 5.14. The molecule has 8 heavy (non-hydrogen) atoms. The highest BCUT2D eigenvalue weighted by Gasteiger charge is 1.93. The smallest absolute Gasteiger partial charge is 0.106 e. The monoisotopic (exact) mass is 134 g/mol. The summed E-state index contributed by atoms with van der Waals surface area (Å²) in [4.78, 5) is 0. The van der Waals surface area contributed by atoms with Crippen LogP contribution in [0.1, 0.15) is 6.42 Å². The van der Waals surface area contributed by atoms with Crippen LogP contribution in [0.25, 0.3) is 0 Å². The minimum Gasteiger partial charge on any atom is -0.617 e. The van der Waals surface area contributed by atoms with Gasteiger partial charge < -0.3 is 9.87 Å². The van der Waals surface area contributed by atoms with E-state index < -0.39 is 11.2 Å². The lowest BCUT2D eigenvalue weighted by Crippen LogP contribution is -2.11. The van der Waals surface area contributed by atoms with Crippen LogP contribution in [0, 0.1) is 7.05 Å². The van der Waals surface area contributed by atoms with E-state index in [4.69, 9.17) is 0 Å². The molecule has 0 aromatic rings. The molecule has 0 aromatic heterocycles. The molecule has 0 saturated heterocycles. The van der Waals surface area contributed by atoms with Crippen molar-refractivity contribution in [3.63, 3.8) is 0 Å². The molecule has 1 unspecified atom stereocenters. The molecule has 0 saturated carbocycles. The van der Waals surface area contributed by atoms with Gasteiger partial charge in [-0.2, -0.15) is 0 Å². The maximum absolute atomic E-state index is 10.4. The molecule has 0 amide bonds. The van der Waals surface area contributed by atoms with Gasteiger partial charge in [0, 0.05) is 13.5 Å². The van der Waals surface area contributed by atoms with Crippen LogP contribution < -0.4 is 5.32 Å². The molecule has 3 heteroatoms. The topological polar surface area (TPSA) is 35.1 Å². The second kappa shape index (κ2) is 5.41. The van der Waals surface area contributed by atoms with Crippen molar-refractivity contribution >= 4 is 11.2 Å². The van der Waals surface area contributed by atoms with E-state index in [2.05, 4.69) is 12.4 Å². The Balaban J connectivity index is 2.72. The Morgan fingerprint density at radius 2 is 2.38 bits per heavy atom. The highest BCUT2D eigenvalue weighted by molar-refractivity contribution is 7.90. The van der Waals surface area contributed by atoms with Crippen molar-refractivity contribution in [2.24, 2.45) is 0 Å². The Hall–Kier alpha value is 0.270. The van der Waals surface area contributed by atoms with Gasteiger partial charge in [-0.15, -0.1) is 0 Å². The Morgan fingerprint density at radius 3 is 2.75 bits per heavy atom. The van der Waals surface area contributed by atoms with E-state index in [1.165, 1.54) is 0 Å². The Bertz CT molecular complexity index is 49.7. The van der Waals surface area contributed by atoms with E-state index in [1.54, 1.807) is 6.26 Å².